The molecule has 0 unspecified atom stereocenters. The normalized spacial score (nSPS) is 12.2. The van der Waals surface area contributed by atoms with E-state index >= 15 is 0 Å². The van der Waals surface area contributed by atoms with Crippen molar-refractivity contribution in [2.75, 3.05) is 19.4 Å². The average molecular weight is 286 g/mol. The van der Waals surface area contributed by atoms with Crippen LogP contribution in [0.15, 0.2) is 17.0 Å². The third-order valence-electron chi connectivity index (χ3n) is 3.03. The smallest absolute Gasteiger partial charge is 0.247 e. The van der Waals surface area contributed by atoms with Gasteiger partial charge in [0.1, 0.15) is 10.6 Å². The van der Waals surface area contributed by atoms with Crippen LogP contribution in [0.1, 0.15) is 26.3 Å². The fraction of sp³-hybridized carbons (Fsp3) is 0.538. The molecule has 0 atom stereocenters. The number of anilines is 1. The maximum absolute atomic E-state index is 12.6. The minimum Gasteiger partial charge on any atom is -0.495 e. The van der Waals surface area contributed by atoms with Crippen molar-refractivity contribution in [1.82, 2.24) is 4.31 Å². The van der Waals surface area contributed by atoms with Crippen molar-refractivity contribution in [3.8, 4) is 5.75 Å². The lowest BCUT2D eigenvalue weighted by molar-refractivity contribution is 0.361. The van der Waals surface area contributed by atoms with Crippen LogP contribution in [0.4, 0.5) is 5.69 Å². The Hall–Kier alpha value is -1.27. The Morgan fingerprint density at radius 3 is 2.37 bits per heavy atom. The molecule has 108 valence electrons. The van der Waals surface area contributed by atoms with E-state index in [4.69, 9.17) is 10.5 Å². The number of hydrogen-bond acceptors (Lipinski definition) is 4. The van der Waals surface area contributed by atoms with Gasteiger partial charge in [-0.05, 0) is 38.5 Å². The molecule has 0 aromatic heterocycles. The summed E-state index contributed by atoms with van der Waals surface area (Å²) in [5.74, 6) is 0.325. The Morgan fingerprint density at radius 2 is 1.95 bits per heavy atom. The number of methoxy groups -OCH3 is 1. The van der Waals surface area contributed by atoms with E-state index in [2.05, 4.69) is 0 Å². The standard InChI is InChI=1S/C13H22N2O3S/c1-6-15(9(2)3)19(16,17)13-8-11(14)10(4)7-12(13)18-5/h7-9H,6,14H2,1-5H3. The van der Waals surface area contributed by atoms with Crippen molar-refractivity contribution < 1.29 is 13.2 Å². The van der Waals surface area contributed by atoms with E-state index in [0.29, 0.717) is 18.0 Å². The number of rotatable bonds is 5. The molecule has 0 fully saturated rings. The zero-order valence-electron chi connectivity index (χ0n) is 12.1. The minimum atomic E-state index is -3.60. The molecule has 0 heterocycles. The molecule has 1 aromatic carbocycles. The summed E-state index contributed by atoms with van der Waals surface area (Å²) in [5.41, 5.74) is 7.06. The predicted octanol–water partition coefficient (Wildman–Crippen LogP) is 2.00. The second-order valence-electron chi connectivity index (χ2n) is 4.66. The molecule has 2 N–H and O–H groups in total. The van der Waals surface area contributed by atoms with E-state index in [1.807, 2.05) is 27.7 Å². The van der Waals surface area contributed by atoms with Gasteiger partial charge in [-0.2, -0.15) is 4.31 Å². The Bertz CT molecular complexity index is 553. The van der Waals surface area contributed by atoms with Gasteiger partial charge in [-0.1, -0.05) is 6.92 Å². The van der Waals surface area contributed by atoms with Gasteiger partial charge in [0.05, 0.1) is 7.11 Å². The van der Waals surface area contributed by atoms with E-state index in [0.717, 1.165) is 5.56 Å². The molecule has 0 saturated carbocycles. The Morgan fingerprint density at radius 1 is 1.37 bits per heavy atom. The monoisotopic (exact) mass is 286 g/mol. The third-order valence-corrected chi connectivity index (χ3v) is 5.20. The largest absolute Gasteiger partial charge is 0.495 e. The first-order valence-electron chi connectivity index (χ1n) is 6.21. The summed E-state index contributed by atoms with van der Waals surface area (Å²) in [6.45, 7) is 7.70. The summed E-state index contributed by atoms with van der Waals surface area (Å²) in [4.78, 5) is 0.119. The molecule has 1 rings (SSSR count). The van der Waals surface area contributed by atoms with Gasteiger partial charge in [0.2, 0.25) is 10.0 Å². The molecule has 0 aliphatic rings. The molecule has 6 heteroatoms. The van der Waals surface area contributed by atoms with Crippen LogP contribution in [0.25, 0.3) is 0 Å². The molecular formula is C13H22N2O3S. The van der Waals surface area contributed by atoms with Crippen LogP contribution in [0, 0.1) is 6.92 Å². The first-order valence-corrected chi connectivity index (χ1v) is 7.65. The SMILES string of the molecule is CCN(C(C)C)S(=O)(=O)c1cc(N)c(C)cc1OC. The molecular weight excluding hydrogens is 264 g/mol. The van der Waals surface area contributed by atoms with Crippen molar-refractivity contribution in [3.05, 3.63) is 17.7 Å². The molecule has 19 heavy (non-hydrogen) atoms. The third kappa shape index (κ3) is 3.01. The summed E-state index contributed by atoms with van der Waals surface area (Å²) < 4.78 is 31.9. The zero-order chi connectivity index (χ0) is 14.8. The molecule has 0 spiro atoms. The molecule has 5 nitrogen and oxygen atoms in total. The second kappa shape index (κ2) is 5.79. The van der Waals surface area contributed by atoms with Gasteiger partial charge in [0.25, 0.3) is 0 Å². The first-order chi connectivity index (χ1) is 8.75. The lowest BCUT2D eigenvalue weighted by Gasteiger charge is -2.25. The van der Waals surface area contributed by atoms with Gasteiger partial charge < -0.3 is 10.5 Å². The average Bonchev–Trinajstić information content (AvgIpc) is 2.31. The molecule has 0 saturated heterocycles. The number of ether oxygens (including phenoxy) is 1. The van der Waals surface area contributed by atoms with E-state index in [1.165, 1.54) is 17.5 Å². The van der Waals surface area contributed by atoms with Crippen LogP contribution < -0.4 is 10.5 Å². The van der Waals surface area contributed by atoms with E-state index < -0.39 is 10.0 Å². The first kappa shape index (κ1) is 15.8. The van der Waals surface area contributed by atoms with Crippen LogP contribution in [0.2, 0.25) is 0 Å². The lowest BCUT2D eigenvalue weighted by atomic mass is 10.2. The van der Waals surface area contributed by atoms with Gasteiger partial charge in [0, 0.05) is 18.3 Å². The van der Waals surface area contributed by atoms with Gasteiger partial charge in [-0.15, -0.1) is 0 Å². The van der Waals surface area contributed by atoms with Gasteiger partial charge in [-0.3, -0.25) is 0 Å². The van der Waals surface area contributed by atoms with E-state index in [1.54, 1.807) is 6.07 Å². The second-order valence-corrected chi connectivity index (χ2v) is 6.52. The predicted molar refractivity (Wildman–Crippen MR) is 76.8 cm³/mol. The quantitative estimate of drug-likeness (QED) is 0.840. The summed E-state index contributed by atoms with van der Waals surface area (Å²) in [6, 6.07) is 2.99. The van der Waals surface area contributed by atoms with Crippen molar-refractivity contribution in [1.29, 1.82) is 0 Å². The maximum atomic E-state index is 12.6. The molecule has 0 aliphatic carbocycles. The molecule has 1 aromatic rings. The van der Waals surface area contributed by atoms with Gasteiger partial charge in [0.15, 0.2) is 0 Å². The number of nitrogens with two attached hydrogens (primary N) is 1. The van der Waals surface area contributed by atoms with E-state index in [-0.39, 0.29) is 10.9 Å². The summed E-state index contributed by atoms with van der Waals surface area (Å²) in [5, 5.41) is 0. The van der Waals surface area contributed by atoms with Crippen molar-refractivity contribution in [2.45, 2.75) is 38.6 Å². The van der Waals surface area contributed by atoms with Crippen LogP contribution in [0.3, 0.4) is 0 Å². The van der Waals surface area contributed by atoms with Crippen LogP contribution in [-0.4, -0.2) is 32.4 Å². The summed E-state index contributed by atoms with van der Waals surface area (Å²) >= 11 is 0. The Labute approximate surface area is 115 Å². The Kier molecular flexibility index (Phi) is 4.81. The number of hydrogen-bond donors (Lipinski definition) is 1. The topological polar surface area (TPSA) is 72.6 Å². The molecule has 0 bridgehead atoms. The highest BCUT2D eigenvalue weighted by atomic mass is 32.2. The number of aryl methyl sites for hydroxylation is 1. The summed E-state index contributed by atoms with van der Waals surface area (Å²) in [6.07, 6.45) is 0. The Balaban J connectivity index is 3.47. The molecule has 0 aliphatic heterocycles. The number of benzene rings is 1. The summed E-state index contributed by atoms with van der Waals surface area (Å²) in [7, 11) is -2.15. The fourth-order valence-corrected chi connectivity index (χ4v) is 3.80. The lowest BCUT2D eigenvalue weighted by Crippen LogP contribution is -2.36. The van der Waals surface area contributed by atoms with Crippen molar-refractivity contribution in [2.24, 2.45) is 0 Å². The van der Waals surface area contributed by atoms with Gasteiger partial charge in [-0.25, -0.2) is 8.42 Å². The van der Waals surface area contributed by atoms with Crippen molar-refractivity contribution >= 4 is 15.7 Å². The molecule has 0 radical (unpaired) electrons. The van der Waals surface area contributed by atoms with Crippen LogP contribution >= 0.6 is 0 Å². The highest BCUT2D eigenvalue weighted by Crippen LogP contribution is 2.31. The number of nitrogens with zero attached hydrogens (tertiary/aromatic N) is 1. The van der Waals surface area contributed by atoms with E-state index in [9.17, 15) is 8.42 Å². The highest BCUT2D eigenvalue weighted by Gasteiger charge is 2.29. The highest BCUT2D eigenvalue weighted by molar-refractivity contribution is 7.89. The maximum Gasteiger partial charge on any atom is 0.247 e. The minimum absolute atomic E-state index is 0.119. The van der Waals surface area contributed by atoms with Crippen LogP contribution in [-0.2, 0) is 10.0 Å². The number of nitrogen functional groups attached to an aromatic ring is 1. The zero-order valence-corrected chi connectivity index (χ0v) is 12.9. The van der Waals surface area contributed by atoms with Crippen molar-refractivity contribution in [3.63, 3.8) is 0 Å². The fourth-order valence-electron chi connectivity index (χ4n) is 1.98. The number of sulfonamides is 1. The molecule has 0 amide bonds. The van der Waals surface area contributed by atoms with Gasteiger partial charge >= 0.3 is 0 Å². The van der Waals surface area contributed by atoms with Crippen LogP contribution in [0.5, 0.6) is 5.75 Å².